The van der Waals surface area contributed by atoms with E-state index in [1.165, 1.54) is 0 Å². The van der Waals surface area contributed by atoms with Crippen LogP contribution in [0.25, 0.3) is 0 Å². The topological polar surface area (TPSA) is 58.8 Å². The van der Waals surface area contributed by atoms with E-state index in [0.717, 1.165) is 37.3 Å². The number of amides is 1. The average molecular weight is 309 g/mol. The maximum absolute atomic E-state index is 12.1. The fourth-order valence-electron chi connectivity index (χ4n) is 2.73. The second-order valence-electron chi connectivity index (χ2n) is 7.03. The minimum Gasteiger partial charge on any atom is -0.444 e. The number of likely N-dealkylation sites (N-methyl/N-ethyl adjacent to an activating group) is 1. The number of nitrogens with zero attached hydrogens (tertiary/aromatic N) is 3. The van der Waals surface area contributed by atoms with Crippen molar-refractivity contribution in [2.75, 3.05) is 20.1 Å². The first-order chi connectivity index (χ1) is 10.3. The van der Waals surface area contributed by atoms with Crippen molar-refractivity contribution in [3.05, 3.63) is 17.5 Å². The summed E-state index contributed by atoms with van der Waals surface area (Å²) in [5.41, 5.74) is 0.659. The number of aryl methyl sites for hydroxylation is 1. The highest BCUT2D eigenvalue weighted by atomic mass is 16.6. The molecule has 1 aromatic heterocycles. The number of carbonyl (C=O) groups excluding carboxylic acids is 1. The minimum absolute atomic E-state index is 0.263. The van der Waals surface area contributed by atoms with Gasteiger partial charge in [0.25, 0.3) is 0 Å². The monoisotopic (exact) mass is 309 g/mol. The largest absolute Gasteiger partial charge is 0.444 e. The number of aromatic nitrogens is 1. The second kappa shape index (κ2) is 6.69. The van der Waals surface area contributed by atoms with Crippen molar-refractivity contribution in [3.8, 4) is 0 Å². The van der Waals surface area contributed by atoms with Crippen LogP contribution in [-0.2, 0) is 11.3 Å². The van der Waals surface area contributed by atoms with Crippen LogP contribution < -0.4 is 0 Å². The Kier molecular flexibility index (Phi) is 5.11. The van der Waals surface area contributed by atoms with Crippen molar-refractivity contribution in [1.29, 1.82) is 0 Å². The van der Waals surface area contributed by atoms with Gasteiger partial charge < -0.3 is 14.2 Å². The summed E-state index contributed by atoms with van der Waals surface area (Å²) in [5, 5.41) is 3.83. The van der Waals surface area contributed by atoms with Gasteiger partial charge in [-0.15, -0.1) is 0 Å². The van der Waals surface area contributed by atoms with Gasteiger partial charge in [0.15, 0.2) is 0 Å². The summed E-state index contributed by atoms with van der Waals surface area (Å²) in [6.07, 6.45) is 3.76. The van der Waals surface area contributed by atoms with Crippen molar-refractivity contribution in [2.24, 2.45) is 0 Å². The molecule has 0 bridgehead atoms. The lowest BCUT2D eigenvalue weighted by molar-refractivity contribution is 0.0256. The van der Waals surface area contributed by atoms with Crippen LogP contribution in [0.1, 0.15) is 44.9 Å². The molecule has 0 aromatic carbocycles. The smallest absolute Gasteiger partial charge is 0.410 e. The summed E-state index contributed by atoms with van der Waals surface area (Å²) in [6.45, 7) is 10.1. The number of rotatable bonds is 4. The predicted octanol–water partition coefficient (Wildman–Crippen LogP) is 2.81. The van der Waals surface area contributed by atoms with Gasteiger partial charge >= 0.3 is 6.09 Å². The summed E-state index contributed by atoms with van der Waals surface area (Å²) in [6, 6.07) is 0.354. The van der Waals surface area contributed by atoms with Gasteiger partial charge in [0.2, 0.25) is 0 Å². The van der Waals surface area contributed by atoms with Crippen molar-refractivity contribution >= 4 is 6.09 Å². The Morgan fingerprint density at radius 1 is 1.55 bits per heavy atom. The molecule has 1 amide bonds. The molecule has 1 unspecified atom stereocenters. The van der Waals surface area contributed by atoms with Gasteiger partial charge in [-0.2, -0.15) is 0 Å². The van der Waals surface area contributed by atoms with Gasteiger partial charge in [-0.05, 0) is 47.1 Å². The summed E-state index contributed by atoms with van der Waals surface area (Å²) in [5.74, 6) is 0.867. The van der Waals surface area contributed by atoms with Crippen LogP contribution in [0.2, 0.25) is 0 Å². The Morgan fingerprint density at radius 3 is 2.86 bits per heavy atom. The standard InChI is InChI=1S/C16H27N3O3/c1-12-13(9-17-22-12)10-19-8-6-7-14(19)11-18(5)15(20)21-16(2,3)4/h9,14H,6-8,10-11H2,1-5H3. The Morgan fingerprint density at radius 2 is 2.27 bits per heavy atom. The first-order valence-corrected chi connectivity index (χ1v) is 7.84. The van der Waals surface area contributed by atoms with E-state index < -0.39 is 5.60 Å². The third kappa shape index (κ3) is 4.47. The van der Waals surface area contributed by atoms with Gasteiger partial charge in [0.05, 0.1) is 6.20 Å². The van der Waals surface area contributed by atoms with Gasteiger partial charge in [-0.3, -0.25) is 4.90 Å². The molecule has 1 atom stereocenters. The summed E-state index contributed by atoms with van der Waals surface area (Å²) < 4.78 is 10.5. The molecular formula is C16H27N3O3. The van der Waals surface area contributed by atoms with Crippen molar-refractivity contribution in [1.82, 2.24) is 15.0 Å². The van der Waals surface area contributed by atoms with E-state index in [1.54, 1.807) is 18.1 Å². The molecule has 0 spiro atoms. The quantitative estimate of drug-likeness (QED) is 0.856. The zero-order chi connectivity index (χ0) is 16.3. The fraction of sp³-hybridized carbons (Fsp3) is 0.750. The summed E-state index contributed by atoms with van der Waals surface area (Å²) in [7, 11) is 1.80. The average Bonchev–Trinajstić information content (AvgIpc) is 2.99. The molecular weight excluding hydrogens is 282 g/mol. The van der Waals surface area contributed by atoms with Gasteiger partial charge in [0, 0.05) is 31.7 Å². The van der Waals surface area contributed by atoms with Crippen molar-refractivity contribution < 1.29 is 14.1 Å². The van der Waals surface area contributed by atoms with E-state index in [-0.39, 0.29) is 6.09 Å². The maximum atomic E-state index is 12.1. The first kappa shape index (κ1) is 16.8. The Balaban J connectivity index is 1.91. The van der Waals surface area contributed by atoms with Crippen LogP contribution in [0.4, 0.5) is 4.79 Å². The first-order valence-electron chi connectivity index (χ1n) is 7.84. The Hall–Kier alpha value is -1.56. The van der Waals surface area contributed by atoms with E-state index >= 15 is 0 Å². The van der Waals surface area contributed by atoms with Gasteiger partial charge in [0.1, 0.15) is 11.4 Å². The molecule has 2 rings (SSSR count). The molecule has 1 aliphatic rings. The Labute approximate surface area is 132 Å². The highest BCUT2D eigenvalue weighted by Crippen LogP contribution is 2.22. The molecule has 0 aliphatic carbocycles. The lowest BCUT2D eigenvalue weighted by Gasteiger charge is -2.30. The molecule has 1 saturated heterocycles. The molecule has 1 aromatic rings. The Bertz CT molecular complexity index is 507. The summed E-state index contributed by atoms with van der Waals surface area (Å²) >= 11 is 0. The van der Waals surface area contributed by atoms with Crippen LogP contribution in [0, 0.1) is 6.92 Å². The van der Waals surface area contributed by atoms with Crippen LogP contribution in [0.3, 0.4) is 0 Å². The van der Waals surface area contributed by atoms with E-state index in [0.29, 0.717) is 12.6 Å². The zero-order valence-corrected chi connectivity index (χ0v) is 14.3. The predicted molar refractivity (Wildman–Crippen MR) is 83.5 cm³/mol. The highest BCUT2D eigenvalue weighted by Gasteiger charge is 2.29. The normalized spacial score (nSPS) is 19.4. The number of hydrogen-bond donors (Lipinski definition) is 0. The number of ether oxygens (including phenoxy) is 1. The molecule has 0 saturated carbocycles. The molecule has 1 fully saturated rings. The third-order valence-corrected chi connectivity index (χ3v) is 3.91. The van der Waals surface area contributed by atoms with Gasteiger partial charge in [-0.1, -0.05) is 5.16 Å². The van der Waals surface area contributed by atoms with E-state index in [1.807, 2.05) is 27.7 Å². The maximum Gasteiger partial charge on any atom is 0.410 e. The molecule has 124 valence electrons. The second-order valence-corrected chi connectivity index (χ2v) is 7.03. The molecule has 0 N–H and O–H groups in total. The third-order valence-electron chi connectivity index (χ3n) is 3.91. The van der Waals surface area contributed by atoms with Crippen LogP contribution >= 0.6 is 0 Å². The SMILES string of the molecule is Cc1oncc1CN1CCCC1CN(C)C(=O)OC(C)(C)C. The van der Waals surface area contributed by atoms with E-state index in [9.17, 15) is 4.79 Å². The molecule has 2 heterocycles. The minimum atomic E-state index is -0.458. The zero-order valence-electron chi connectivity index (χ0n) is 14.3. The molecule has 6 nitrogen and oxygen atoms in total. The van der Waals surface area contributed by atoms with Crippen molar-refractivity contribution in [3.63, 3.8) is 0 Å². The summed E-state index contributed by atoms with van der Waals surface area (Å²) in [4.78, 5) is 16.1. The van der Waals surface area contributed by atoms with E-state index in [2.05, 4.69) is 10.1 Å². The number of likely N-dealkylation sites (tertiary alicyclic amines) is 1. The van der Waals surface area contributed by atoms with Crippen molar-refractivity contribution in [2.45, 2.75) is 58.7 Å². The molecule has 0 radical (unpaired) electrons. The van der Waals surface area contributed by atoms with Crippen LogP contribution in [0.5, 0.6) is 0 Å². The van der Waals surface area contributed by atoms with Gasteiger partial charge in [-0.25, -0.2) is 4.79 Å². The lowest BCUT2D eigenvalue weighted by Crippen LogP contribution is -2.42. The fourth-order valence-corrected chi connectivity index (χ4v) is 2.73. The lowest BCUT2D eigenvalue weighted by atomic mass is 10.2. The highest BCUT2D eigenvalue weighted by molar-refractivity contribution is 5.67. The molecule has 22 heavy (non-hydrogen) atoms. The number of carbonyl (C=O) groups is 1. The molecule has 6 heteroatoms. The van der Waals surface area contributed by atoms with Crippen LogP contribution in [-0.4, -0.2) is 52.8 Å². The van der Waals surface area contributed by atoms with E-state index in [4.69, 9.17) is 9.26 Å². The molecule has 1 aliphatic heterocycles. The van der Waals surface area contributed by atoms with Crippen LogP contribution in [0.15, 0.2) is 10.7 Å². The number of hydrogen-bond acceptors (Lipinski definition) is 5.